The molecule has 1 aliphatic rings. The van der Waals surface area contributed by atoms with Crippen LogP contribution in [0.5, 0.6) is 0 Å². The number of amides is 2. The van der Waals surface area contributed by atoms with Gasteiger partial charge in [-0.2, -0.15) is 4.98 Å². The van der Waals surface area contributed by atoms with Crippen molar-refractivity contribution in [1.29, 1.82) is 0 Å². The van der Waals surface area contributed by atoms with Crippen molar-refractivity contribution in [2.45, 2.75) is 13.8 Å². The molecule has 2 heterocycles. The Morgan fingerprint density at radius 2 is 1.69 bits per heavy atom. The normalized spacial score (nSPS) is 13.9. The van der Waals surface area contributed by atoms with Crippen molar-refractivity contribution in [2.24, 2.45) is 0 Å². The maximum atomic E-state index is 12.3. The lowest BCUT2D eigenvalue weighted by atomic mass is 10.1. The largest absolute Gasteiger partial charge is 0.452 e. The molecule has 1 aromatic heterocycles. The number of piperazine rings is 1. The third kappa shape index (κ3) is 5.09. The summed E-state index contributed by atoms with van der Waals surface area (Å²) in [6.45, 7) is 4.91. The van der Waals surface area contributed by atoms with Gasteiger partial charge in [-0.05, 0) is 38.1 Å². The van der Waals surface area contributed by atoms with Gasteiger partial charge in [0.15, 0.2) is 12.4 Å². The third-order valence-electron chi connectivity index (χ3n) is 4.38. The summed E-state index contributed by atoms with van der Waals surface area (Å²) in [5, 5.41) is 3.72. The van der Waals surface area contributed by atoms with E-state index >= 15 is 0 Å². The molecule has 0 N–H and O–H groups in total. The van der Waals surface area contributed by atoms with Crippen molar-refractivity contribution >= 4 is 18.0 Å². The Kier molecular flexibility index (Phi) is 6.43. The van der Waals surface area contributed by atoms with Crippen LogP contribution < -0.4 is 0 Å². The molecular weight excluding hydrogens is 380 g/mol. The number of aryl methyl sites for hydroxylation is 1. The first kappa shape index (κ1) is 20.3. The Morgan fingerprint density at radius 1 is 1.03 bits per heavy atom. The van der Waals surface area contributed by atoms with Crippen LogP contribution in [0.25, 0.3) is 11.5 Å². The summed E-state index contributed by atoms with van der Waals surface area (Å²) >= 11 is 0. The first-order valence-corrected chi connectivity index (χ1v) is 9.25. The van der Waals surface area contributed by atoms with E-state index in [1.54, 1.807) is 47.9 Å². The maximum absolute atomic E-state index is 12.3. The lowest BCUT2D eigenvalue weighted by molar-refractivity contribution is -0.136. The zero-order valence-corrected chi connectivity index (χ0v) is 16.3. The number of hydrogen-bond donors (Lipinski definition) is 0. The second kappa shape index (κ2) is 9.18. The van der Waals surface area contributed by atoms with Gasteiger partial charge in [-0.25, -0.2) is 9.59 Å². The Hall–Kier alpha value is -3.43. The van der Waals surface area contributed by atoms with Gasteiger partial charge in [-0.1, -0.05) is 5.16 Å². The molecule has 29 heavy (non-hydrogen) atoms. The minimum absolute atomic E-state index is 0.306. The molecule has 1 saturated heterocycles. The van der Waals surface area contributed by atoms with Gasteiger partial charge in [0.1, 0.15) is 0 Å². The van der Waals surface area contributed by atoms with E-state index < -0.39 is 5.97 Å². The molecule has 2 aromatic rings. The molecule has 1 fully saturated rings. The molecule has 2 amide bonds. The molecule has 0 bridgehead atoms. The Balaban J connectivity index is 1.47. The van der Waals surface area contributed by atoms with E-state index in [0.29, 0.717) is 55.6 Å². The number of hydrogen-bond acceptors (Lipinski definition) is 8. The van der Waals surface area contributed by atoms with Gasteiger partial charge in [0.25, 0.3) is 11.8 Å². The lowest BCUT2D eigenvalue weighted by Gasteiger charge is -2.33. The molecule has 0 spiro atoms. The number of rotatable bonds is 5. The number of benzene rings is 1. The fourth-order valence-electron chi connectivity index (χ4n) is 2.82. The number of aromatic nitrogens is 2. The fourth-order valence-corrected chi connectivity index (χ4v) is 2.82. The Bertz CT molecular complexity index is 871. The maximum Gasteiger partial charge on any atom is 0.409 e. The number of carbonyl (C=O) groups excluding carboxylic acids is 3. The van der Waals surface area contributed by atoms with E-state index in [9.17, 15) is 14.4 Å². The van der Waals surface area contributed by atoms with Gasteiger partial charge in [0.2, 0.25) is 0 Å². The highest BCUT2D eigenvalue weighted by atomic mass is 16.6. The molecule has 10 nitrogen and oxygen atoms in total. The predicted octanol–water partition coefficient (Wildman–Crippen LogP) is 1.50. The summed E-state index contributed by atoms with van der Waals surface area (Å²) in [4.78, 5) is 43.4. The number of nitrogens with zero attached hydrogens (tertiary/aromatic N) is 4. The van der Waals surface area contributed by atoms with E-state index in [0.717, 1.165) is 0 Å². The SMILES string of the molecule is CCOC(=O)N1CCN(C(=O)COC(=O)c2ccc(-c3nc(C)no3)cc2)CC1. The summed E-state index contributed by atoms with van der Waals surface area (Å²) in [6.07, 6.45) is -0.384. The monoisotopic (exact) mass is 402 g/mol. The van der Waals surface area contributed by atoms with Crippen LogP contribution in [0.2, 0.25) is 0 Å². The fraction of sp³-hybridized carbons (Fsp3) is 0.421. The highest BCUT2D eigenvalue weighted by Gasteiger charge is 2.25. The van der Waals surface area contributed by atoms with Crippen molar-refractivity contribution in [2.75, 3.05) is 39.4 Å². The van der Waals surface area contributed by atoms with Crippen LogP contribution in [0.3, 0.4) is 0 Å². The standard InChI is InChI=1S/C19H22N4O6/c1-3-27-19(26)23-10-8-22(9-11-23)16(24)12-28-18(25)15-6-4-14(5-7-15)17-20-13(2)21-29-17/h4-7H,3,8-12H2,1-2H3. The summed E-state index contributed by atoms with van der Waals surface area (Å²) in [7, 11) is 0. The van der Waals surface area contributed by atoms with Crippen LogP contribution in [0.1, 0.15) is 23.1 Å². The average Bonchev–Trinajstić information content (AvgIpc) is 3.18. The predicted molar refractivity (Wildman–Crippen MR) is 99.9 cm³/mol. The van der Waals surface area contributed by atoms with E-state index in [1.165, 1.54) is 0 Å². The van der Waals surface area contributed by atoms with Crippen LogP contribution in [0.15, 0.2) is 28.8 Å². The highest BCUT2D eigenvalue weighted by Crippen LogP contribution is 2.18. The molecule has 0 radical (unpaired) electrons. The molecule has 0 unspecified atom stereocenters. The first-order chi connectivity index (χ1) is 14.0. The molecule has 1 aromatic carbocycles. The second-order valence-corrected chi connectivity index (χ2v) is 6.37. The van der Waals surface area contributed by atoms with Crippen molar-refractivity contribution < 1.29 is 28.4 Å². The average molecular weight is 402 g/mol. The first-order valence-electron chi connectivity index (χ1n) is 9.25. The van der Waals surface area contributed by atoms with Gasteiger partial charge in [-0.3, -0.25) is 4.79 Å². The topological polar surface area (TPSA) is 115 Å². The van der Waals surface area contributed by atoms with Crippen LogP contribution in [0.4, 0.5) is 4.79 Å². The Morgan fingerprint density at radius 3 is 2.28 bits per heavy atom. The Labute approximate surface area is 167 Å². The van der Waals surface area contributed by atoms with Gasteiger partial charge in [-0.15, -0.1) is 0 Å². The van der Waals surface area contributed by atoms with Crippen LogP contribution in [-0.2, 0) is 14.3 Å². The van der Waals surface area contributed by atoms with Crippen molar-refractivity contribution in [3.63, 3.8) is 0 Å². The molecule has 1 aliphatic heterocycles. The number of carbonyl (C=O) groups is 3. The molecule has 154 valence electrons. The van der Waals surface area contributed by atoms with Crippen LogP contribution in [0, 0.1) is 6.92 Å². The smallest absolute Gasteiger partial charge is 0.409 e. The van der Waals surface area contributed by atoms with Gasteiger partial charge >= 0.3 is 12.1 Å². The minimum Gasteiger partial charge on any atom is -0.452 e. The molecule has 0 atom stereocenters. The van der Waals surface area contributed by atoms with Gasteiger partial charge in [0, 0.05) is 31.7 Å². The molecular formula is C19H22N4O6. The number of esters is 1. The van der Waals surface area contributed by atoms with Gasteiger partial charge < -0.3 is 23.8 Å². The van der Waals surface area contributed by atoms with Crippen molar-refractivity contribution in [3.8, 4) is 11.5 Å². The quantitative estimate of drug-likeness (QED) is 0.691. The van der Waals surface area contributed by atoms with E-state index in [4.69, 9.17) is 14.0 Å². The molecule has 10 heteroatoms. The third-order valence-corrected chi connectivity index (χ3v) is 4.38. The zero-order chi connectivity index (χ0) is 20.8. The molecule has 0 saturated carbocycles. The summed E-state index contributed by atoms with van der Waals surface area (Å²) in [5.41, 5.74) is 0.989. The minimum atomic E-state index is -0.600. The lowest BCUT2D eigenvalue weighted by Crippen LogP contribution is -2.51. The highest BCUT2D eigenvalue weighted by molar-refractivity contribution is 5.91. The number of ether oxygens (including phenoxy) is 2. The van der Waals surface area contributed by atoms with E-state index in [-0.39, 0.29) is 18.6 Å². The second-order valence-electron chi connectivity index (χ2n) is 6.37. The van der Waals surface area contributed by atoms with Crippen LogP contribution >= 0.6 is 0 Å². The van der Waals surface area contributed by atoms with Crippen LogP contribution in [-0.4, -0.2) is 77.3 Å². The summed E-state index contributed by atoms with van der Waals surface area (Å²) < 4.78 is 15.1. The van der Waals surface area contributed by atoms with Crippen molar-refractivity contribution in [3.05, 3.63) is 35.7 Å². The molecule has 0 aliphatic carbocycles. The summed E-state index contributed by atoms with van der Waals surface area (Å²) in [5.74, 6) is -0.0266. The summed E-state index contributed by atoms with van der Waals surface area (Å²) in [6, 6.07) is 6.47. The zero-order valence-electron chi connectivity index (χ0n) is 16.3. The van der Waals surface area contributed by atoms with E-state index in [2.05, 4.69) is 10.1 Å². The van der Waals surface area contributed by atoms with Gasteiger partial charge in [0.05, 0.1) is 12.2 Å². The molecule has 3 rings (SSSR count). The van der Waals surface area contributed by atoms with E-state index in [1.807, 2.05) is 0 Å². The van der Waals surface area contributed by atoms with Crippen molar-refractivity contribution in [1.82, 2.24) is 19.9 Å².